The van der Waals surface area contributed by atoms with E-state index in [-0.39, 0.29) is 0 Å². The molecule has 72 valence electrons. The van der Waals surface area contributed by atoms with Crippen LogP contribution in [0.3, 0.4) is 0 Å². The van der Waals surface area contributed by atoms with E-state index in [0.717, 1.165) is 0 Å². The van der Waals surface area contributed by atoms with Gasteiger partial charge < -0.3 is 0 Å². The summed E-state index contributed by atoms with van der Waals surface area (Å²) in [5, 5.41) is 0. The second-order valence-corrected chi connectivity index (χ2v) is 6.04. The van der Waals surface area contributed by atoms with Crippen molar-refractivity contribution in [2.24, 2.45) is 10.8 Å². The summed E-state index contributed by atoms with van der Waals surface area (Å²) in [6.45, 7) is 9.70. The third-order valence-electron chi connectivity index (χ3n) is 3.44. The van der Waals surface area contributed by atoms with Crippen LogP contribution >= 0.6 is 0 Å². The monoisotopic (exact) mass is 168 g/mol. The first kappa shape index (κ1) is 10.1. The minimum atomic E-state index is 0.609. The normalized spacial score (nSPS) is 29.0. The Bertz CT molecular complexity index is 124. The summed E-state index contributed by atoms with van der Waals surface area (Å²) in [7, 11) is 0. The molecule has 0 unspecified atom stereocenters. The van der Waals surface area contributed by atoms with Crippen LogP contribution in [-0.4, -0.2) is 0 Å². The van der Waals surface area contributed by atoms with Crippen molar-refractivity contribution in [2.75, 3.05) is 0 Å². The topological polar surface area (TPSA) is 0 Å². The van der Waals surface area contributed by atoms with Crippen molar-refractivity contribution in [3.63, 3.8) is 0 Å². The Kier molecular flexibility index (Phi) is 2.85. The predicted octanol–water partition coefficient (Wildman–Crippen LogP) is 4.39. The molecule has 0 amide bonds. The summed E-state index contributed by atoms with van der Waals surface area (Å²) in [6, 6.07) is 0. The molecule has 0 nitrogen and oxygen atoms in total. The van der Waals surface area contributed by atoms with E-state index in [1.165, 1.54) is 38.5 Å². The highest BCUT2D eigenvalue weighted by Crippen LogP contribution is 2.40. The molecule has 0 radical (unpaired) electrons. The SMILES string of the molecule is CC1(C)CCCCC(C)(C)CC1. The summed E-state index contributed by atoms with van der Waals surface area (Å²) in [4.78, 5) is 0. The highest BCUT2D eigenvalue weighted by Gasteiger charge is 2.26. The van der Waals surface area contributed by atoms with Crippen LogP contribution in [0.25, 0.3) is 0 Å². The summed E-state index contributed by atoms with van der Waals surface area (Å²) in [5.74, 6) is 0. The molecule has 0 aliphatic heterocycles. The average Bonchev–Trinajstić information content (AvgIpc) is 1.94. The van der Waals surface area contributed by atoms with Gasteiger partial charge in [0.15, 0.2) is 0 Å². The van der Waals surface area contributed by atoms with E-state index in [4.69, 9.17) is 0 Å². The van der Waals surface area contributed by atoms with Crippen molar-refractivity contribution in [3.05, 3.63) is 0 Å². The fourth-order valence-corrected chi connectivity index (χ4v) is 2.13. The van der Waals surface area contributed by atoms with Crippen LogP contribution in [0.5, 0.6) is 0 Å². The smallest absolute Gasteiger partial charge is 0.0354 e. The maximum atomic E-state index is 2.42. The number of rotatable bonds is 0. The fraction of sp³-hybridized carbons (Fsp3) is 1.00. The molecular formula is C12H24. The summed E-state index contributed by atoms with van der Waals surface area (Å²) < 4.78 is 0. The highest BCUT2D eigenvalue weighted by atomic mass is 14.3. The average molecular weight is 168 g/mol. The highest BCUT2D eigenvalue weighted by molar-refractivity contribution is 4.78. The summed E-state index contributed by atoms with van der Waals surface area (Å²) in [5.41, 5.74) is 1.22. The van der Waals surface area contributed by atoms with Gasteiger partial charge in [0.25, 0.3) is 0 Å². The molecule has 0 N–H and O–H groups in total. The lowest BCUT2D eigenvalue weighted by Gasteiger charge is -2.34. The second kappa shape index (κ2) is 3.40. The summed E-state index contributed by atoms with van der Waals surface area (Å²) in [6.07, 6.45) is 8.58. The van der Waals surface area contributed by atoms with Gasteiger partial charge in [-0.2, -0.15) is 0 Å². The standard InChI is InChI=1S/C12H24/c1-11(2)7-5-6-8-12(3,4)10-9-11/h5-10H2,1-4H3. The first-order chi connectivity index (χ1) is 5.41. The molecule has 12 heavy (non-hydrogen) atoms. The van der Waals surface area contributed by atoms with Gasteiger partial charge in [0.1, 0.15) is 0 Å². The van der Waals surface area contributed by atoms with E-state index in [1.54, 1.807) is 0 Å². The predicted molar refractivity (Wildman–Crippen MR) is 55.3 cm³/mol. The first-order valence-electron chi connectivity index (χ1n) is 5.41. The van der Waals surface area contributed by atoms with Crippen molar-refractivity contribution in [1.82, 2.24) is 0 Å². The number of hydrogen-bond donors (Lipinski definition) is 0. The molecule has 0 atom stereocenters. The molecule has 0 aromatic rings. The van der Waals surface area contributed by atoms with Gasteiger partial charge in [0, 0.05) is 0 Å². The zero-order valence-electron chi connectivity index (χ0n) is 9.24. The zero-order valence-corrected chi connectivity index (χ0v) is 9.24. The maximum absolute atomic E-state index is 2.42. The second-order valence-electron chi connectivity index (χ2n) is 6.04. The lowest BCUT2D eigenvalue weighted by atomic mass is 9.72. The van der Waals surface area contributed by atoms with Gasteiger partial charge in [-0.1, -0.05) is 40.5 Å². The van der Waals surface area contributed by atoms with E-state index in [9.17, 15) is 0 Å². The Morgan fingerprint density at radius 3 is 1.25 bits per heavy atom. The molecule has 1 fully saturated rings. The minimum absolute atomic E-state index is 0.609. The Hall–Kier alpha value is 0. The van der Waals surface area contributed by atoms with Crippen LogP contribution in [0.15, 0.2) is 0 Å². The van der Waals surface area contributed by atoms with Gasteiger partial charge in [-0.05, 0) is 36.5 Å². The van der Waals surface area contributed by atoms with Crippen LogP contribution in [-0.2, 0) is 0 Å². The van der Waals surface area contributed by atoms with Gasteiger partial charge >= 0.3 is 0 Å². The van der Waals surface area contributed by atoms with E-state index in [1.807, 2.05) is 0 Å². The van der Waals surface area contributed by atoms with E-state index in [2.05, 4.69) is 27.7 Å². The van der Waals surface area contributed by atoms with Crippen LogP contribution in [0, 0.1) is 10.8 Å². The van der Waals surface area contributed by atoms with Crippen LogP contribution in [0.4, 0.5) is 0 Å². The van der Waals surface area contributed by atoms with Crippen LogP contribution < -0.4 is 0 Å². The Balaban J connectivity index is 2.51. The maximum Gasteiger partial charge on any atom is -0.0354 e. The van der Waals surface area contributed by atoms with Gasteiger partial charge in [0.05, 0.1) is 0 Å². The van der Waals surface area contributed by atoms with Crippen LogP contribution in [0.2, 0.25) is 0 Å². The quantitative estimate of drug-likeness (QED) is 0.503. The van der Waals surface area contributed by atoms with Crippen molar-refractivity contribution in [3.8, 4) is 0 Å². The third-order valence-corrected chi connectivity index (χ3v) is 3.44. The van der Waals surface area contributed by atoms with E-state index in [0.29, 0.717) is 10.8 Å². The fourth-order valence-electron chi connectivity index (χ4n) is 2.13. The molecule has 1 aliphatic rings. The van der Waals surface area contributed by atoms with Crippen molar-refractivity contribution in [2.45, 2.75) is 66.2 Å². The van der Waals surface area contributed by atoms with E-state index >= 15 is 0 Å². The molecule has 0 aromatic heterocycles. The van der Waals surface area contributed by atoms with E-state index < -0.39 is 0 Å². The van der Waals surface area contributed by atoms with Crippen LogP contribution in [0.1, 0.15) is 66.2 Å². The molecular weight excluding hydrogens is 144 g/mol. The van der Waals surface area contributed by atoms with Crippen molar-refractivity contribution in [1.29, 1.82) is 0 Å². The van der Waals surface area contributed by atoms with Crippen molar-refractivity contribution >= 4 is 0 Å². The van der Waals surface area contributed by atoms with Gasteiger partial charge in [0.2, 0.25) is 0 Å². The Morgan fingerprint density at radius 1 is 0.583 bits per heavy atom. The Labute approximate surface area is 77.7 Å². The van der Waals surface area contributed by atoms with Crippen molar-refractivity contribution < 1.29 is 0 Å². The Morgan fingerprint density at radius 2 is 0.917 bits per heavy atom. The minimum Gasteiger partial charge on any atom is -0.0599 e. The zero-order chi connectivity index (χ0) is 9.24. The molecule has 1 saturated carbocycles. The molecule has 1 rings (SSSR count). The molecule has 0 spiro atoms. The number of hydrogen-bond acceptors (Lipinski definition) is 0. The van der Waals surface area contributed by atoms with Gasteiger partial charge in [-0.25, -0.2) is 0 Å². The summed E-state index contributed by atoms with van der Waals surface area (Å²) >= 11 is 0. The lowest BCUT2D eigenvalue weighted by Crippen LogP contribution is -2.21. The largest absolute Gasteiger partial charge is 0.0599 e. The molecule has 0 heteroatoms. The third kappa shape index (κ3) is 3.16. The van der Waals surface area contributed by atoms with Gasteiger partial charge in [-0.15, -0.1) is 0 Å². The molecule has 0 heterocycles. The first-order valence-corrected chi connectivity index (χ1v) is 5.41. The molecule has 0 aromatic carbocycles. The molecule has 1 aliphatic carbocycles. The molecule has 0 bridgehead atoms. The lowest BCUT2D eigenvalue weighted by molar-refractivity contribution is 0.181. The molecule has 0 saturated heterocycles. The van der Waals surface area contributed by atoms with Gasteiger partial charge in [-0.3, -0.25) is 0 Å².